The lowest BCUT2D eigenvalue weighted by Gasteiger charge is -2.21. The molecular weight excluding hydrogens is 270 g/mol. The fourth-order valence-corrected chi connectivity index (χ4v) is 2.23. The van der Waals surface area contributed by atoms with Gasteiger partial charge in [0.15, 0.2) is 5.82 Å². The van der Waals surface area contributed by atoms with Crippen molar-refractivity contribution < 1.29 is 4.79 Å². The van der Waals surface area contributed by atoms with E-state index < -0.39 is 0 Å². The van der Waals surface area contributed by atoms with E-state index in [2.05, 4.69) is 31.2 Å². The van der Waals surface area contributed by atoms with E-state index in [1.807, 2.05) is 6.92 Å². The Labute approximate surface area is 103 Å². The smallest absolute Gasteiger partial charge is 0.231 e. The summed E-state index contributed by atoms with van der Waals surface area (Å²) in [6.07, 6.45) is 7.32. The number of carbonyl (C=O) groups is 1. The third-order valence-corrected chi connectivity index (χ3v) is 3.53. The summed E-state index contributed by atoms with van der Waals surface area (Å²) in [4.78, 5) is 20.1. The molecule has 1 N–H and O–H groups in total. The van der Waals surface area contributed by atoms with Crippen LogP contribution in [0.25, 0.3) is 0 Å². The van der Waals surface area contributed by atoms with Crippen LogP contribution in [0.4, 0.5) is 5.82 Å². The van der Waals surface area contributed by atoms with E-state index in [1.165, 1.54) is 0 Å². The molecule has 1 aliphatic carbocycles. The Balaban J connectivity index is 2.04. The first-order valence-corrected chi connectivity index (χ1v) is 6.18. The molecule has 1 aromatic rings. The van der Waals surface area contributed by atoms with Crippen LogP contribution in [-0.4, -0.2) is 15.9 Å². The van der Waals surface area contributed by atoms with Gasteiger partial charge in [-0.15, -0.1) is 0 Å². The number of anilines is 1. The molecule has 1 heterocycles. The zero-order valence-corrected chi connectivity index (χ0v) is 10.7. The summed E-state index contributed by atoms with van der Waals surface area (Å²) in [5.74, 6) is 0.572. The van der Waals surface area contributed by atoms with Gasteiger partial charge in [0.1, 0.15) is 4.60 Å². The number of amides is 1. The Hall–Kier alpha value is -0.970. The summed E-state index contributed by atoms with van der Waals surface area (Å²) in [5.41, 5.74) is -0.227. The minimum absolute atomic E-state index is 0.0571. The predicted molar refractivity (Wildman–Crippen MR) is 64.9 cm³/mol. The van der Waals surface area contributed by atoms with Crippen LogP contribution in [0.1, 0.15) is 32.6 Å². The van der Waals surface area contributed by atoms with Crippen LogP contribution in [0.5, 0.6) is 0 Å². The van der Waals surface area contributed by atoms with Gasteiger partial charge in [-0.3, -0.25) is 4.79 Å². The monoisotopic (exact) mass is 283 g/mol. The second-order valence-corrected chi connectivity index (χ2v) is 5.26. The third kappa shape index (κ3) is 2.40. The van der Waals surface area contributed by atoms with Crippen LogP contribution in [0.3, 0.4) is 0 Å². The fourth-order valence-electron chi connectivity index (χ4n) is 2.03. The van der Waals surface area contributed by atoms with E-state index in [9.17, 15) is 4.79 Å². The van der Waals surface area contributed by atoms with Gasteiger partial charge < -0.3 is 5.32 Å². The molecule has 1 aliphatic rings. The van der Waals surface area contributed by atoms with Gasteiger partial charge in [-0.25, -0.2) is 9.97 Å². The Morgan fingerprint density at radius 2 is 2.06 bits per heavy atom. The largest absolute Gasteiger partial charge is 0.309 e. The molecule has 1 aromatic heterocycles. The van der Waals surface area contributed by atoms with E-state index in [4.69, 9.17) is 0 Å². The molecule has 0 bridgehead atoms. The van der Waals surface area contributed by atoms with Gasteiger partial charge in [-0.2, -0.15) is 0 Å². The summed E-state index contributed by atoms with van der Waals surface area (Å²) in [5, 5.41) is 2.82. The molecule has 0 radical (unpaired) electrons. The quantitative estimate of drug-likeness (QED) is 0.908. The molecular formula is C11H14BrN3O. The Morgan fingerprint density at radius 1 is 1.38 bits per heavy atom. The van der Waals surface area contributed by atoms with Crippen LogP contribution in [0.2, 0.25) is 0 Å². The maximum absolute atomic E-state index is 12.0. The molecule has 5 heteroatoms. The van der Waals surface area contributed by atoms with Crippen molar-refractivity contribution >= 4 is 27.7 Å². The van der Waals surface area contributed by atoms with Crippen LogP contribution in [0, 0.1) is 5.41 Å². The highest BCUT2D eigenvalue weighted by Gasteiger charge is 2.36. The van der Waals surface area contributed by atoms with E-state index in [-0.39, 0.29) is 11.3 Å². The second kappa shape index (κ2) is 4.49. The van der Waals surface area contributed by atoms with Crippen molar-refractivity contribution in [1.29, 1.82) is 0 Å². The molecule has 0 saturated heterocycles. The summed E-state index contributed by atoms with van der Waals surface area (Å²) in [6, 6.07) is 0. The minimum Gasteiger partial charge on any atom is -0.309 e. The average molecular weight is 284 g/mol. The first-order valence-electron chi connectivity index (χ1n) is 5.39. The fraction of sp³-hybridized carbons (Fsp3) is 0.545. The number of hydrogen-bond acceptors (Lipinski definition) is 3. The molecule has 1 saturated carbocycles. The highest BCUT2D eigenvalue weighted by molar-refractivity contribution is 9.10. The van der Waals surface area contributed by atoms with Gasteiger partial charge in [0.25, 0.3) is 0 Å². The highest BCUT2D eigenvalue weighted by atomic mass is 79.9. The Kier molecular flexibility index (Phi) is 3.23. The van der Waals surface area contributed by atoms with Crippen molar-refractivity contribution in [2.75, 3.05) is 5.32 Å². The Morgan fingerprint density at radius 3 is 2.62 bits per heavy atom. The molecule has 1 fully saturated rings. The molecule has 4 nitrogen and oxygen atoms in total. The molecule has 2 rings (SSSR count). The van der Waals surface area contributed by atoms with E-state index in [0.717, 1.165) is 25.7 Å². The van der Waals surface area contributed by atoms with E-state index >= 15 is 0 Å². The predicted octanol–water partition coefficient (Wildman–Crippen LogP) is 2.76. The molecule has 0 aromatic carbocycles. The first kappa shape index (κ1) is 11.5. The average Bonchev–Trinajstić information content (AvgIpc) is 2.70. The van der Waals surface area contributed by atoms with Crippen molar-refractivity contribution in [3.8, 4) is 0 Å². The molecule has 86 valence electrons. The number of aromatic nitrogens is 2. The van der Waals surface area contributed by atoms with Crippen molar-refractivity contribution in [3.63, 3.8) is 0 Å². The summed E-state index contributed by atoms with van der Waals surface area (Å²) < 4.78 is 0.664. The van der Waals surface area contributed by atoms with Crippen LogP contribution < -0.4 is 5.32 Å². The summed E-state index contributed by atoms with van der Waals surface area (Å²) in [7, 11) is 0. The normalized spacial score (nSPS) is 18.4. The van der Waals surface area contributed by atoms with Crippen molar-refractivity contribution in [2.45, 2.75) is 32.6 Å². The van der Waals surface area contributed by atoms with E-state index in [0.29, 0.717) is 10.4 Å². The molecule has 0 unspecified atom stereocenters. The van der Waals surface area contributed by atoms with E-state index in [1.54, 1.807) is 12.4 Å². The third-order valence-electron chi connectivity index (χ3n) is 3.12. The lowest BCUT2D eigenvalue weighted by atomic mass is 9.88. The maximum atomic E-state index is 12.0. The number of carbonyl (C=O) groups excluding carboxylic acids is 1. The SMILES string of the molecule is CC1(C(=O)Nc2cnc(Br)cn2)CCCC1. The topological polar surface area (TPSA) is 54.9 Å². The van der Waals surface area contributed by atoms with Crippen molar-refractivity contribution in [3.05, 3.63) is 17.0 Å². The van der Waals surface area contributed by atoms with Crippen LogP contribution in [-0.2, 0) is 4.79 Å². The van der Waals surface area contributed by atoms with Gasteiger partial charge >= 0.3 is 0 Å². The van der Waals surface area contributed by atoms with Gasteiger partial charge in [0.05, 0.1) is 12.4 Å². The van der Waals surface area contributed by atoms with Gasteiger partial charge in [-0.05, 0) is 28.8 Å². The minimum atomic E-state index is -0.227. The number of halogens is 1. The summed E-state index contributed by atoms with van der Waals surface area (Å²) in [6.45, 7) is 2.02. The van der Waals surface area contributed by atoms with Gasteiger partial charge in [0, 0.05) is 5.41 Å². The Bertz CT molecular complexity index is 385. The maximum Gasteiger partial charge on any atom is 0.231 e. The lowest BCUT2D eigenvalue weighted by Crippen LogP contribution is -2.31. The van der Waals surface area contributed by atoms with Crippen LogP contribution in [0.15, 0.2) is 17.0 Å². The number of rotatable bonds is 2. The standard InChI is InChI=1S/C11H14BrN3O/c1-11(4-2-3-5-11)10(16)15-9-7-13-8(12)6-14-9/h6-7H,2-5H2,1H3,(H,14,15,16). The van der Waals surface area contributed by atoms with Gasteiger partial charge in [0.2, 0.25) is 5.91 Å². The molecule has 0 aliphatic heterocycles. The number of hydrogen-bond donors (Lipinski definition) is 1. The van der Waals surface area contributed by atoms with Crippen LogP contribution >= 0.6 is 15.9 Å². The zero-order valence-electron chi connectivity index (χ0n) is 9.16. The molecule has 0 atom stereocenters. The zero-order chi connectivity index (χ0) is 11.6. The molecule has 0 spiro atoms. The molecule has 1 amide bonds. The van der Waals surface area contributed by atoms with Gasteiger partial charge in [-0.1, -0.05) is 19.8 Å². The molecule has 16 heavy (non-hydrogen) atoms. The number of nitrogens with zero attached hydrogens (tertiary/aromatic N) is 2. The highest BCUT2D eigenvalue weighted by Crippen LogP contribution is 2.38. The first-order chi connectivity index (χ1) is 7.60. The van der Waals surface area contributed by atoms with Crippen molar-refractivity contribution in [2.24, 2.45) is 5.41 Å². The summed E-state index contributed by atoms with van der Waals surface area (Å²) >= 11 is 3.20. The lowest BCUT2D eigenvalue weighted by molar-refractivity contribution is -0.124. The second-order valence-electron chi connectivity index (χ2n) is 4.45. The van der Waals surface area contributed by atoms with Crippen molar-refractivity contribution in [1.82, 2.24) is 9.97 Å². The number of nitrogens with one attached hydrogen (secondary N) is 1.